The molecule has 0 radical (unpaired) electrons. The maximum absolute atomic E-state index is 10.6. The zero-order valence-electron chi connectivity index (χ0n) is 19.0. The van der Waals surface area contributed by atoms with E-state index in [1.807, 2.05) is 31.2 Å². The number of aryl methyl sites for hydroxylation is 1. The minimum atomic E-state index is -0.986. The fraction of sp³-hybridized carbons (Fsp3) is 0.542. The number of nitrogens with one attached hydrogen (secondary N) is 1. The van der Waals surface area contributed by atoms with Crippen LogP contribution in [-0.2, 0) is 0 Å². The van der Waals surface area contributed by atoms with Crippen LogP contribution >= 0.6 is 11.3 Å². The number of aromatic nitrogens is 3. The molecule has 3 heterocycles. The molecule has 0 bridgehead atoms. The predicted octanol–water partition coefficient (Wildman–Crippen LogP) is 2.81. The topological polar surface area (TPSA) is 115 Å². The van der Waals surface area contributed by atoms with E-state index >= 15 is 0 Å². The van der Waals surface area contributed by atoms with Crippen molar-refractivity contribution in [3.05, 3.63) is 30.0 Å². The van der Waals surface area contributed by atoms with Crippen LogP contribution in [0.25, 0.3) is 20.8 Å². The van der Waals surface area contributed by atoms with E-state index in [2.05, 4.69) is 17.1 Å². The van der Waals surface area contributed by atoms with E-state index in [0.717, 1.165) is 52.4 Å². The maximum atomic E-state index is 10.6. The molecule has 1 aromatic carbocycles. The Kier molecular flexibility index (Phi) is 6.22. The Morgan fingerprint density at radius 3 is 2.55 bits per heavy atom. The van der Waals surface area contributed by atoms with E-state index in [-0.39, 0.29) is 12.5 Å². The second-order valence-corrected chi connectivity index (χ2v) is 10.4. The van der Waals surface area contributed by atoms with Crippen LogP contribution in [0.3, 0.4) is 0 Å². The Morgan fingerprint density at radius 2 is 1.85 bits per heavy atom. The fourth-order valence-electron chi connectivity index (χ4n) is 4.87. The van der Waals surface area contributed by atoms with E-state index in [9.17, 15) is 15.3 Å². The average Bonchev–Trinajstić information content (AvgIpc) is 3.35. The number of piperidine rings is 1. The highest BCUT2D eigenvalue weighted by atomic mass is 32.1. The summed E-state index contributed by atoms with van der Waals surface area (Å²) in [6.45, 7) is 5.91. The molecule has 1 aliphatic heterocycles. The third kappa shape index (κ3) is 4.30. The van der Waals surface area contributed by atoms with E-state index in [0.29, 0.717) is 24.1 Å². The van der Waals surface area contributed by atoms with Crippen LogP contribution in [0.4, 0.5) is 11.8 Å². The standard InChI is InChI=1S/C24H31N5O3S/c1-13-7-9-29(10-8-13)24-25-14(2)19(23-27-16-5-3-4-6-18(16)33-23)22(28-24)26-17-11-15(12-30)20(31)21(17)32/h3-6,13,15,17,20-21,30-32H,7-12H2,1-2H3,(H,25,26,28). The van der Waals surface area contributed by atoms with E-state index in [4.69, 9.17) is 15.0 Å². The quantitative estimate of drug-likeness (QED) is 0.451. The van der Waals surface area contributed by atoms with E-state index in [1.165, 1.54) is 0 Å². The number of hydrogen-bond donors (Lipinski definition) is 4. The third-order valence-electron chi connectivity index (χ3n) is 7.01. The van der Waals surface area contributed by atoms with Gasteiger partial charge in [-0.1, -0.05) is 19.1 Å². The fourth-order valence-corrected chi connectivity index (χ4v) is 5.94. The van der Waals surface area contributed by atoms with Crippen molar-refractivity contribution in [1.82, 2.24) is 15.0 Å². The van der Waals surface area contributed by atoms with Crippen molar-refractivity contribution in [2.75, 3.05) is 29.9 Å². The number of rotatable bonds is 5. The van der Waals surface area contributed by atoms with Crippen molar-refractivity contribution in [3.63, 3.8) is 0 Å². The first kappa shape index (κ1) is 22.5. The molecule has 8 nitrogen and oxygen atoms in total. The molecule has 0 amide bonds. The molecular formula is C24H31N5O3S. The summed E-state index contributed by atoms with van der Waals surface area (Å²) >= 11 is 1.59. The summed E-state index contributed by atoms with van der Waals surface area (Å²) in [5.41, 5.74) is 2.57. The van der Waals surface area contributed by atoms with Crippen molar-refractivity contribution in [2.24, 2.45) is 11.8 Å². The number of hydrogen-bond acceptors (Lipinski definition) is 9. The summed E-state index contributed by atoms with van der Waals surface area (Å²) < 4.78 is 1.09. The predicted molar refractivity (Wildman–Crippen MR) is 131 cm³/mol. The molecule has 2 aromatic heterocycles. The molecular weight excluding hydrogens is 438 g/mol. The first-order valence-corrected chi connectivity index (χ1v) is 12.5. The van der Waals surface area contributed by atoms with Crippen molar-refractivity contribution in [1.29, 1.82) is 0 Å². The van der Waals surface area contributed by atoms with Crippen molar-refractivity contribution >= 4 is 33.3 Å². The van der Waals surface area contributed by atoms with Crippen LogP contribution in [0.15, 0.2) is 24.3 Å². The highest BCUT2D eigenvalue weighted by Crippen LogP contribution is 2.38. The number of aliphatic hydroxyl groups excluding tert-OH is 3. The van der Waals surface area contributed by atoms with E-state index in [1.54, 1.807) is 11.3 Å². The number of benzene rings is 1. The van der Waals surface area contributed by atoms with Gasteiger partial charge in [-0.3, -0.25) is 0 Å². The number of thiazole rings is 1. The lowest BCUT2D eigenvalue weighted by molar-refractivity contribution is 0.00446. The minimum absolute atomic E-state index is 0.166. The normalized spacial score (nSPS) is 26.3. The molecule has 4 N–H and O–H groups in total. The number of anilines is 2. The van der Waals surface area contributed by atoms with Crippen LogP contribution < -0.4 is 10.2 Å². The molecule has 2 aliphatic rings. The van der Waals surface area contributed by atoms with Gasteiger partial charge in [0.15, 0.2) is 0 Å². The van der Waals surface area contributed by atoms with Gasteiger partial charge in [-0.2, -0.15) is 4.98 Å². The summed E-state index contributed by atoms with van der Waals surface area (Å²) in [5, 5.41) is 34.8. The molecule has 1 saturated carbocycles. The van der Waals surface area contributed by atoms with Gasteiger partial charge in [0, 0.05) is 25.6 Å². The Bertz CT molecular complexity index is 1100. The van der Waals surface area contributed by atoms with Crippen LogP contribution in [0.5, 0.6) is 0 Å². The van der Waals surface area contributed by atoms with Gasteiger partial charge in [-0.25, -0.2) is 9.97 Å². The van der Waals surface area contributed by atoms with Crippen LogP contribution in [0.1, 0.15) is 31.9 Å². The molecule has 9 heteroatoms. The smallest absolute Gasteiger partial charge is 0.227 e. The number of fused-ring (bicyclic) bond motifs is 1. The second kappa shape index (κ2) is 9.13. The molecule has 4 atom stereocenters. The van der Waals surface area contributed by atoms with E-state index < -0.39 is 18.2 Å². The van der Waals surface area contributed by atoms with Crippen LogP contribution in [0, 0.1) is 18.8 Å². The molecule has 2 fully saturated rings. The van der Waals surface area contributed by atoms with Crippen molar-refractivity contribution in [3.8, 4) is 10.6 Å². The summed E-state index contributed by atoms with van der Waals surface area (Å²) in [6, 6.07) is 7.59. The van der Waals surface area contributed by atoms with Crippen molar-refractivity contribution in [2.45, 2.75) is 51.4 Å². The highest BCUT2D eigenvalue weighted by molar-refractivity contribution is 7.21. The molecule has 33 heavy (non-hydrogen) atoms. The zero-order valence-corrected chi connectivity index (χ0v) is 19.8. The van der Waals surface area contributed by atoms with Gasteiger partial charge in [0.1, 0.15) is 16.9 Å². The van der Waals surface area contributed by atoms with Crippen molar-refractivity contribution < 1.29 is 15.3 Å². The summed E-state index contributed by atoms with van der Waals surface area (Å²) in [6.07, 6.45) is 0.717. The van der Waals surface area contributed by atoms with Gasteiger partial charge < -0.3 is 25.5 Å². The largest absolute Gasteiger partial charge is 0.396 e. The molecule has 5 rings (SSSR count). The van der Waals surface area contributed by atoms with Gasteiger partial charge in [0.05, 0.1) is 33.6 Å². The Hall–Kier alpha value is -2.33. The molecule has 0 spiro atoms. The Morgan fingerprint density at radius 1 is 1.09 bits per heavy atom. The number of para-hydroxylation sites is 1. The first-order chi connectivity index (χ1) is 15.9. The lowest BCUT2D eigenvalue weighted by Gasteiger charge is -2.31. The Balaban J connectivity index is 1.55. The molecule has 1 saturated heterocycles. The van der Waals surface area contributed by atoms with Crippen LogP contribution in [-0.4, -0.2) is 68.2 Å². The third-order valence-corrected chi connectivity index (χ3v) is 8.06. The zero-order chi connectivity index (χ0) is 23.1. The van der Waals surface area contributed by atoms with Gasteiger partial charge >= 0.3 is 0 Å². The lowest BCUT2D eigenvalue weighted by atomic mass is 10.00. The summed E-state index contributed by atoms with van der Waals surface area (Å²) in [7, 11) is 0. The molecule has 3 aromatic rings. The number of aliphatic hydroxyl groups is 3. The molecule has 176 valence electrons. The monoisotopic (exact) mass is 469 g/mol. The van der Waals surface area contributed by atoms with Crippen LogP contribution in [0.2, 0.25) is 0 Å². The summed E-state index contributed by atoms with van der Waals surface area (Å²) in [5.74, 6) is 1.63. The Labute approximate surface area is 197 Å². The lowest BCUT2D eigenvalue weighted by Crippen LogP contribution is -2.37. The SMILES string of the molecule is Cc1nc(N2CCC(C)CC2)nc(NC2CC(CO)C(O)C2O)c1-c1nc2ccccc2s1. The maximum Gasteiger partial charge on any atom is 0.227 e. The minimum Gasteiger partial charge on any atom is -0.396 e. The van der Waals surface area contributed by atoms with Gasteiger partial charge in [-0.05, 0) is 44.2 Å². The first-order valence-electron chi connectivity index (χ1n) is 11.7. The molecule has 4 unspecified atom stereocenters. The van der Waals surface area contributed by atoms with Gasteiger partial charge in [-0.15, -0.1) is 11.3 Å². The molecule has 1 aliphatic carbocycles. The number of nitrogens with zero attached hydrogens (tertiary/aromatic N) is 4. The summed E-state index contributed by atoms with van der Waals surface area (Å²) in [4.78, 5) is 16.8. The average molecular weight is 470 g/mol. The van der Waals surface area contributed by atoms with Gasteiger partial charge in [0.2, 0.25) is 5.95 Å². The highest BCUT2D eigenvalue weighted by Gasteiger charge is 2.41. The van der Waals surface area contributed by atoms with Gasteiger partial charge in [0.25, 0.3) is 0 Å². The second-order valence-electron chi connectivity index (χ2n) is 9.40.